The number of nitrogens with zero attached hydrogens (tertiary/aromatic N) is 4. The van der Waals surface area contributed by atoms with Crippen LogP contribution in [0.5, 0.6) is 0 Å². The number of hydrogen-bond donors (Lipinski definition) is 0. The molecule has 1 fully saturated rings. The van der Waals surface area contributed by atoms with Crippen LogP contribution in [0.1, 0.15) is 6.42 Å². The SMILES string of the molecule is CSc1ncc2c(N3CCC3)nc(Cl)cc2n1. The van der Waals surface area contributed by atoms with Crippen LogP contribution in [0.15, 0.2) is 17.4 Å². The Morgan fingerprint density at radius 1 is 1.35 bits per heavy atom. The molecule has 4 nitrogen and oxygen atoms in total. The Labute approximate surface area is 108 Å². The van der Waals surface area contributed by atoms with E-state index < -0.39 is 0 Å². The summed E-state index contributed by atoms with van der Waals surface area (Å²) < 4.78 is 0. The number of anilines is 1. The molecular weight excluding hydrogens is 256 g/mol. The van der Waals surface area contributed by atoms with E-state index in [-0.39, 0.29) is 0 Å². The van der Waals surface area contributed by atoms with E-state index in [0.29, 0.717) is 5.15 Å². The normalized spacial score (nSPS) is 15.1. The first-order valence-electron chi connectivity index (χ1n) is 5.40. The van der Waals surface area contributed by atoms with Gasteiger partial charge in [0.15, 0.2) is 5.16 Å². The van der Waals surface area contributed by atoms with E-state index in [1.165, 1.54) is 18.2 Å². The van der Waals surface area contributed by atoms with E-state index >= 15 is 0 Å². The van der Waals surface area contributed by atoms with Crippen LogP contribution in [0, 0.1) is 0 Å². The zero-order valence-electron chi connectivity index (χ0n) is 9.35. The smallest absolute Gasteiger partial charge is 0.187 e. The summed E-state index contributed by atoms with van der Waals surface area (Å²) in [6.07, 6.45) is 5.00. The summed E-state index contributed by atoms with van der Waals surface area (Å²) in [5, 5.41) is 2.23. The van der Waals surface area contributed by atoms with E-state index in [1.54, 1.807) is 6.07 Å². The third kappa shape index (κ3) is 1.93. The molecule has 1 aliphatic rings. The zero-order chi connectivity index (χ0) is 11.8. The van der Waals surface area contributed by atoms with Gasteiger partial charge in [-0.25, -0.2) is 15.0 Å². The van der Waals surface area contributed by atoms with Crippen LogP contribution in [0.4, 0.5) is 5.82 Å². The molecule has 1 saturated heterocycles. The van der Waals surface area contributed by atoms with Crippen LogP contribution in [0.2, 0.25) is 5.15 Å². The fourth-order valence-electron chi connectivity index (χ4n) is 1.83. The number of fused-ring (bicyclic) bond motifs is 1. The number of thioether (sulfide) groups is 1. The van der Waals surface area contributed by atoms with Gasteiger partial charge in [-0.1, -0.05) is 23.4 Å². The summed E-state index contributed by atoms with van der Waals surface area (Å²) in [6.45, 7) is 2.07. The summed E-state index contributed by atoms with van der Waals surface area (Å²) in [5.41, 5.74) is 0.867. The Kier molecular flexibility index (Phi) is 2.80. The first-order valence-corrected chi connectivity index (χ1v) is 7.00. The summed E-state index contributed by atoms with van der Waals surface area (Å²) >= 11 is 7.56. The van der Waals surface area contributed by atoms with Gasteiger partial charge in [0.1, 0.15) is 11.0 Å². The molecule has 3 heterocycles. The Hall–Kier alpha value is -1.07. The molecule has 2 aromatic rings. The van der Waals surface area contributed by atoms with Crippen molar-refractivity contribution in [2.45, 2.75) is 11.6 Å². The van der Waals surface area contributed by atoms with E-state index in [0.717, 1.165) is 35.0 Å². The van der Waals surface area contributed by atoms with Gasteiger partial charge < -0.3 is 4.90 Å². The molecule has 0 atom stereocenters. The van der Waals surface area contributed by atoms with Gasteiger partial charge in [0.25, 0.3) is 0 Å². The van der Waals surface area contributed by atoms with Crippen molar-refractivity contribution in [2.75, 3.05) is 24.2 Å². The van der Waals surface area contributed by atoms with Gasteiger partial charge in [-0.2, -0.15) is 0 Å². The molecule has 0 amide bonds. The Morgan fingerprint density at radius 2 is 2.18 bits per heavy atom. The molecule has 2 aromatic heterocycles. The van der Waals surface area contributed by atoms with E-state index in [2.05, 4.69) is 19.9 Å². The largest absolute Gasteiger partial charge is 0.356 e. The van der Waals surface area contributed by atoms with Gasteiger partial charge in [0.2, 0.25) is 0 Å². The van der Waals surface area contributed by atoms with Crippen LogP contribution in [0.25, 0.3) is 10.9 Å². The maximum atomic E-state index is 6.04. The van der Waals surface area contributed by atoms with Crippen molar-refractivity contribution >= 4 is 40.1 Å². The number of hydrogen-bond acceptors (Lipinski definition) is 5. The van der Waals surface area contributed by atoms with E-state index in [1.807, 2.05) is 12.5 Å². The van der Waals surface area contributed by atoms with Gasteiger partial charge in [-0.15, -0.1) is 0 Å². The quantitative estimate of drug-likeness (QED) is 0.475. The Morgan fingerprint density at radius 3 is 2.82 bits per heavy atom. The molecule has 0 radical (unpaired) electrons. The second-order valence-electron chi connectivity index (χ2n) is 3.90. The summed E-state index contributed by atoms with van der Waals surface area (Å²) in [5.74, 6) is 0.909. The molecule has 0 bridgehead atoms. The second-order valence-corrected chi connectivity index (χ2v) is 5.06. The Bertz CT molecular complexity index is 571. The molecule has 0 aromatic carbocycles. The van der Waals surface area contributed by atoms with Crippen molar-refractivity contribution in [2.24, 2.45) is 0 Å². The maximum Gasteiger partial charge on any atom is 0.187 e. The molecule has 3 rings (SSSR count). The van der Waals surface area contributed by atoms with Crippen molar-refractivity contribution in [3.63, 3.8) is 0 Å². The highest BCUT2D eigenvalue weighted by atomic mass is 35.5. The predicted octanol–water partition coefficient (Wildman–Crippen LogP) is 2.61. The minimum atomic E-state index is 0.491. The van der Waals surface area contributed by atoms with Gasteiger partial charge >= 0.3 is 0 Å². The molecular formula is C11H11ClN4S. The van der Waals surface area contributed by atoms with Gasteiger partial charge in [-0.05, 0) is 12.7 Å². The zero-order valence-corrected chi connectivity index (χ0v) is 10.9. The molecule has 0 unspecified atom stereocenters. The fraction of sp³-hybridized carbons (Fsp3) is 0.364. The number of pyridine rings is 1. The summed E-state index contributed by atoms with van der Waals surface area (Å²) in [7, 11) is 0. The molecule has 6 heteroatoms. The average Bonchev–Trinajstić information content (AvgIpc) is 2.25. The van der Waals surface area contributed by atoms with Crippen LogP contribution < -0.4 is 4.90 Å². The average molecular weight is 267 g/mol. The summed E-state index contributed by atoms with van der Waals surface area (Å²) in [4.78, 5) is 15.3. The lowest BCUT2D eigenvalue weighted by atomic mass is 10.2. The number of rotatable bonds is 2. The van der Waals surface area contributed by atoms with Crippen molar-refractivity contribution in [1.82, 2.24) is 15.0 Å². The lowest BCUT2D eigenvalue weighted by Crippen LogP contribution is -2.37. The van der Waals surface area contributed by atoms with Crippen molar-refractivity contribution in [3.8, 4) is 0 Å². The second kappa shape index (κ2) is 4.31. The van der Waals surface area contributed by atoms with Gasteiger partial charge in [0.05, 0.1) is 10.9 Å². The van der Waals surface area contributed by atoms with Crippen LogP contribution >= 0.6 is 23.4 Å². The fourth-order valence-corrected chi connectivity index (χ4v) is 2.37. The molecule has 88 valence electrons. The van der Waals surface area contributed by atoms with Crippen molar-refractivity contribution < 1.29 is 0 Å². The first kappa shape index (κ1) is 11.0. The standard InChI is InChI=1S/C11H11ClN4S/c1-17-11-13-6-7-8(14-11)5-9(12)15-10(7)16-3-2-4-16/h5-6H,2-4H2,1H3. The van der Waals surface area contributed by atoms with Crippen LogP contribution in [0.3, 0.4) is 0 Å². The first-order chi connectivity index (χ1) is 8.28. The summed E-state index contributed by atoms with van der Waals surface area (Å²) in [6, 6.07) is 1.79. The third-order valence-electron chi connectivity index (χ3n) is 2.84. The van der Waals surface area contributed by atoms with Crippen LogP contribution in [-0.4, -0.2) is 34.3 Å². The Balaban J connectivity index is 2.20. The molecule has 0 aliphatic carbocycles. The van der Waals surface area contributed by atoms with Gasteiger partial charge in [-0.3, -0.25) is 0 Å². The van der Waals surface area contributed by atoms with E-state index in [4.69, 9.17) is 11.6 Å². The minimum Gasteiger partial charge on any atom is -0.356 e. The molecule has 1 aliphatic heterocycles. The molecule has 0 N–H and O–H groups in total. The maximum absolute atomic E-state index is 6.04. The number of aromatic nitrogens is 3. The highest BCUT2D eigenvalue weighted by molar-refractivity contribution is 7.98. The highest BCUT2D eigenvalue weighted by Gasteiger charge is 2.19. The monoisotopic (exact) mass is 266 g/mol. The molecule has 0 spiro atoms. The van der Waals surface area contributed by atoms with Crippen LogP contribution in [-0.2, 0) is 0 Å². The number of halogens is 1. The third-order valence-corrected chi connectivity index (χ3v) is 3.60. The molecule has 0 saturated carbocycles. The minimum absolute atomic E-state index is 0.491. The van der Waals surface area contributed by atoms with E-state index in [9.17, 15) is 0 Å². The van der Waals surface area contributed by atoms with Gasteiger partial charge in [0, 0.05) is 25.4 Å². The predicted molar refractivity (Wildman–Crippen MR) is 71.0 cm³/mol. The lowest BCUT2D eigenvalue weighted by molar-refractivity contribution is 0.612. The van der Waals surface area contributed by atoms with Crippen molar-refractivity contribution in [3.05, 3.63) is 17.4 Å². The topological polar surface area (TPSA) is 41.9 Å². The lowest BCUT2D eigenvalue weighted by Gasteiger charge is -2.32. The van der Waals surface area contributed by atoms with Crippen molar-refractivity contribution in [1.29, 1.82) is 0 Å². The molecule has 17 heavy (non-hydrogen) atoms. The highest BCUT2D eigenvalue weighted by Crippen LogP contribution is 2.29.